The molecular formula is C24H29NO7S. The Morgan fingerprint density at radius 3 is 2.45 bits per heavy atom. The van der Waals surface area contributed by atoms with Crippen LogP contribution in [0.2, 0.25) is 0 Å². The van der Waals surface area contributed by atoms with Crippen LogP contribution < -0.4 is 0 Å². The fourth-order valence-corrected chi connectivity index (χ4v) is 5.21. The van der Waals surface area contributed by atoms with Crippen LogP contribution in [0.1, 0.15) is 49.5 Å². The van der Waals surface area contributed by atoms with E-state index < -0.39 is 48.4 Å². The molecule has 8 nitrogen and oxygen atoms in total. The van der Waals surface area contributed by atoms with Gasteiger partial charge < -0.3 is 28.4 Å². The minimum Gasteiger partial charge on any atom is -0.370 e. The largest absolute Gasteiger partial charge is 0.370 e. The number of carbonyl (C=O) groups excluding carboxylic acids is 1. The Hall–Kier alpha value is -1.72. The van der Waals surface area contributed by atoms with Crippen molar-refractivity contribution < 1.29 is 33.2 Å². The van der Waals surface area contributed by atoms with E-state index in [-0.39, 0.29) is 12.2 Å². The fraction of sp³-hybridized carbons (Fsp3) is 0.583. The quantitative estimate of drug-likeness (QED) is 0.561. The number of benzene rings is 1. The number of rotatable bonds is 7. The van der Waals surface area contributed by atoms with Gasteiger partial charge in [0.15, 0.2) is 28.7 Å². The van der Waals surface area contributed by atoms with E-state index in [1.54, 1.807) is 11.6 Å². The highest BCUT2D eigenvalue weighted by atomic mass is 32.1. The summed E-state index contributed by atoms with van der Waals surface area (Å²) in [5.41, 5.74) is 1.000. The fourth-order valence-electron chi connectivity index (χ4n) is 4.62. The molecule has 0 unspecified atom stereocenters. The third-order valence-electron chi connectivity index (χ3n) is 5.92. The molecule has 3 aliphatic rings. The van der Waals surface area contributed by atoms with Crippen molar-refractivity contribution in [3.63, 3.8) is 0 Å². The summed E-state index contributed by atoms with van der Waals surface area (Å²) in [5, 5.41) is 2.23. The van der Waals surface area contributed by atoms with Gasteiger partial charge in [-0.15, -0.1) is 11.3 Å². The molecule has 1 aromatic heterocycles. The number of ether oxygens (including phenoxy) is 6. The van der Waals surface area contributed by atoms with E-state index in [2.05, 4.69) is 4.98 Å². The van der Waals surface area contributed by atoms with Gasteiger partial charge in [0.2, 0.25) is 0 Å². The zero-order valence-electron chi connectivity index (χ0n) is 19.1. The van der Waals surface area contributed by atoms with Gasteiger partial charge in [-0.2, -0.15) is 0 Å². The zero-order chi connectivity index (χ0) is 23.2. The molecule has 33 heavy (non-hydrogen) atoms. The molecule has 0 bridgehead atoms. The van der Waals surface area contributed by atoms with Crippen molar-refractivity contribution in [2.75, 3.05) is 0 Å². The number of fused-ring (bicyclic) bond motifs is 3. The molecule has 4 heterocycles. The molecule has 5 rings (SSSR count). The van der Waals surface area contributed by atoms with Crippen molar-refractivity contribution in [3.8, 4) is 0 Å². The number of carbonyl (C=O) groups is 1. The summed E-state index contributed by atoms with van der Waals surface area (Å²) in [4.78, 5) is 17.2. The lowest BCUT2D eigenvalue weighted by Crippen LogP contribution is -2.59. The number of Topliss-reactive ketones (excluding diaryl/α,β-unsaturated/α-hetero) is 1. The summed E-state index contributed by atoms with van der Waals surface area (Å²) in [5.74, 6) is -1.75. The normalized spacial score (nSPS) is 32.8. The molecule has 3 aliphatic heterocycles. The maximum absolute atomic E-state index is 13.0. The Morgan fingerprint density at radius 1 is 1.03 bits per heavy atom. The Kier molecular flexibility index (Phi) is 6.15. The molecule has 178 valence electrons. The van der Waals surface area contributed by atoms with Gasteiger partial charge in [0.05, 0.1) is 12.7 Å². The van der Waals surface area contributed by atoms with Gasteiger partial charge in [-0.3, -0.25) is 4.79 Å². The molecule has 3 fully saturated rings. The molecule has 0 N–H and O–H groups in total. The van der Waals surface area contributed by atoms with Gasteiger partial charge in [0.1, 0.15) is 24.4 Å². The third-order valence-corrected chi connectivity index (χ3v) is 6.74. The molecule has 0 spiro atoms. The second-order valence-electron chi connectivity index (χ2n) is 9.43. The van der Waals surface area contributed by atoms with Gasteiger partial charge in [-0.1, -0.05) is 30.3 Å². The van der Waals surface area contributed by atoms with E-state index in [1.807, 2.05) is 58.0 Å². The number of hydrogen-bond acceptors (Lipinski definition) is 9. The molecule has 9 heteroatoms. The standard InChI is InChI=1S/C24H29NO7S/c1-23(2)29-18-17(28-22-20(19(18)30-23)31-24(3,4)32-22)16(12-15(26)21-25-10-11-33-21)27-13-14-8-6-5-7-9-14/h5-11,16-20,22H,12-13H2,1-4H3/t16-,17-,18+,19+,20-,22-/m1/s1. The Labute approximate surface area is 197 Å². The Balaban J connectivity index is 1.42. The molecule has 6 atom stereocenters. The second kappa shape index (κ2) is 8.81. The first-order valence-corrected chi connectivity index (χ1v) is 12.0. The summed E-state index contributed by atoms with van der Waals surface area (Å²) < 4.78 is 37.3. The number of thiazole rings is 1. The Morgan fingerprint density at radius 2 is 1.73 bits per heavy atom. The smallest absolute Gasteiger partial charge is 0.194 e. The van der Waals surface area contributed by atoms with Crippen molar-refractivity contribution >= 4 is 17.1 Å². The van der Waals surface area contributed by atoms with Crippen LogP contribution in [0.5, 0.6) is 0 Å². The van der Waals surface area contributed by atoms with Crippen molar-refractivity contribution in [1.29, 1.82) is 0 Å². The molecule has 0 amide bonds. The molecule has 1 aromatic carbocycles. The van der Waals surface area contributed by atoms with Crippen molar-refractivity contribution in [1.82, 2.24) is 4.98 Å². The summed E-state index contributed by atoms with van der Waals surface area (Å²) in [6.45, 7) is 7.73. The van der Waals surface area contributed by atoms with Gasteiger partial charge in [0, 0.05) is 18.0 Å². The summed E-state index contributed by atoms with van der Waals surface area (Å²) in [6, 6.07) is 9.82. The average molecular weight is 476 g/mol. The molecule has 3 saturated heterocycles. The van der Waals surface area contributed by atoms with Gasteiger partial charge >= 0.3 is 0 Å². The van der Waals surface area contributed by atoms with Gasteiger partial charge in [-0.05, 0) is 33.3 Å². The lowest BCUT2D eigenvalue weighted by Gasteiger charge is -2.40. The van der Waals surface area contributed by atoms with Crippen LogP contribution in [0.15, 0.2) is 41.9 Å². The number of aromatic nitrogens is 1. The number of hydrogen-bond donors (Lipinski definition) is 0. The highest BCUT2D eigenvalue weighted by Gasteiger charge is 2.62. The van der Waals surface area contributed by atoms with Gasteiger partial charge in [0.25, 0.3) is 0 Å². The monoisotopic (exact) mass is 475 g/mol. The van der Waals surface area contributed by atoms with E-state index in [1.165, 1.54) is 11.3 Å². The first-order valence-electron chi connectivity index (χ1n) is 11.2. The molecule has 0 aliphatic carbocycles. The first kappa shape index (κ1) is 23.0. The SMILES string of the molecule is CC1(C)O[C@@H]2[C@H](O1)[C@H]1OC(C)(C)O[C@H]1O[C@@H]2[C@@H](CC(=O)c1nccs1)OCc1ccccc1. The lowest BCUT2D eigenvalue weighted by molar-refractivity contribution is -0.258. The van der Waals surface area contributed by atoms with Crippen molar-refractivity contribution in [2.24, 2.45) is 0 Å². The van der Waals surface area contributed by atoms with Crippen LogP contribution in [0, 0.1) is 0 Å². The molecule has 0 saturated carbocycles. The average Bonchev–Trinajstić information content (AvgIpc) is 3.47. The molecular weight excluding hydrogens is 446 g/mol. The number of ketones is 1. The maximum atomic E-state index is 13.0. The highest BCUT2D eigenvalue weighted by Crippen LogP contribution is 2.45. The summed E-state index contributed by atoms with van der Waals surface area (Å²) in [7, 11) is 0. The Bertz CT molecular complexity index is 964. The van der Waals surface area contributed by atoms with Crippen LogP contribution in [0.3, 0.4) is 0 Å². The molecule has 2 aromatic rings. The third kappa shape index (κ3) is 4.90. The summed E-state index contributed by atoms with van der Waals surface area (Å²) >= 11 is 1.31. The van der Waals surface area contributed by atoms with Crippen LogP contribution in [-0.4, -0.2) is 59.2 Å². The van der Waals surface area contributed by atoms with Crippen molar-refractivity contribution in [3.05, 3.63) is 52.5 Å². The lowest BCUT2D eigenvalue weighted by atomic mass is 9.93. The van der Waals surface area contributed by atoms with Crippen LogP contribution in [0.25, 0.3) is 0 Å². The number of nitrogens with zero attached hydrogens (tertiary/aromatic N) is 1. The van der Waals surface area contributed by atoms with Crippen LogP contribution in [0.4, 0.5) is 0 Å². The highest BCUT2D eigenvalue weighted by molar-refractivity contribution is 7.11. The minimum atomic E-state index is -0.828. The predicted molar refractivity (Wildman–Crippen MR) is 119 cm³/mol. The van der Waals surface area contributed by atoms with E-state index >= 15 is 0 Å². The zero-order valence-corrected chi connectivity index (χ0v) is 19.9. The van der Waals surface area contributed by atoms with E-state index in [0.29, 0.717) is 11.6 Å². The van der Waals surface area contributed by atoms with E-state index in [9.17, 15) is 4.79 Å². The van der Waals surface area contributed by atoms with Crippen LogP contribution >= 0.6 is 11.3 Å². The predicted octanol–water partition coefficient (Wildman–Crippen LogP) is 3.70. The van der Waals surface area contributed by atoms with Gasteiger partial charge in [-0.25, -0.2) is 4.98 Å². The van der Waals surface area contributed by atoms with E-state index in [0.717, 1.165) is 5.56 Å². The topological polar surface area (TPSA) is 85.3 Å². The molecule has 0 radical (unpaired) electrons. The van der Waals surface area contributed by atoms with Crippen LogP contribution in [-0.2, 0) is 35.0 Å². The second-order valence-corrected chi connectivity index (χ2v) is 10.3. The minimum absolute atomic E-state index is 0.0969. The van der Waals surface area contributed by atoms with Crippen molar-refractivity contribution in [2.45, 2.75) is 89.1 Å². The maximum Gasteiger partial charge on any atom is 0.194 e. The first-order chi connectivity index (χ1) is 15.7. The summed E-state index contributed by atoms with van der Waals surface area (Å²) in [6.07, 6.45) is -1.46. The van der Waals surface area contributed by atoms with E-state index in [4.69, 9.17) is 28.4 Å².